The minimum atomic E-state index is -0.262. The molecule has 3 aromatic rings. The van der Waals surface area contributed by atoms with E-state index in [9.17, 15) is 4.39 Å². The van der Waals surface area contributed by atoms with Gasteiger partial charge in [-0.1, -0.05) is 0 Å². The molecule has 23 heavy (non-hydrogen) atoms. The van der Waals surface area contributed by atoms with Crippen molar-refractivity contribution in [2.75, 3.05) is 0 Å². The van der Waals surface area contributed by atoms with E-state index in [0.717, 1.165) is 16.1 Å². The number of hydrogen-bond donors (Lipinski definition) is 0. The lowest BCUT2D eigenvalue weighted by Gasteiger charge is -2.03. The minimum absolute atomic E-state index is 0.153. The average molecular weight is 329 g/mol. The van der Waals surface area contributed by atoms with Crippen LogP contribution in [-0.2, 0) is 0 Å². The van der Waals surface area contributed by atoms with Gasteiger partial charge in [0, 0.05) is 17.0 Å². The second-order valence-corrected chi connectivity index (χ2v) is 6.04. The summed E-state index contributed by atoms with van der Waals surface area (Å²) in [4.78, 5) is 5.37. The van der Waals surface area contributed by atoms with Crippen LogP contribution in [0.2, 0.25) is 0 Å². The molecule has 0 radical (unpaired) electrons. The van der Waals surface area contributed by atoms with Crippen LogP contribution in [0.5, 0.6) is 0 Å². The number of furan rings is 1. The Morgan fingerprint density at radius 1 is 1.22 bits per heavy atom. The molecular weight excluding hydrogens is 313 g/mol. The molecular formula is C17H16FN3OS. The zero-order valence-corrected chi connectivity index (χ0v) is 13.6. The Bertz CT molecular complexity index is 858. The van der Waals surface area contributed by atoms with Crippen molar-refractivity contribution in [3.05, 3.63) is 64.4 Å². The van der Waals surface area contributed by atoms with Crippen molar-refractivity contribution in [1.82, 2.24) is 4.68 Å². The molecule has 0 saturated heterocycles. The van der Waals surface area contributed by atoms with E-state index in [1.54, 1.807) is 35.4 Å². The van der Waals surface area contributed by atoms with Crippen molar-refractivity contribution in [3.63, 3.8) is 0 Å². The van der Waals surface area contributed by atoms with Crippen LogP contribution in [0.25, 0.3) is 11.3 Å². The fourth-order valence-corrected chi connectivity index (χ4v) is 2.99. The van der Waals surface area contributed by atoms with Crippen LogP contribution in [0.4, 0.5) is 4.39 Å². The van der Waals surface area contributed by atoms with E-state index in [1.165, 1.54) is 23.5 Å². The predicted octanol–water partition coefficient (Wildman–Crippen LogP) is 4.14. The molecule has 0 aliphatic heterocycles. The fourth-order valence-electron chi connectivity index (χ4n) is 2.02. The highest BCUT2D eigenvalue weighted by atomic mass is 32.1. The second-order valence-electron chi connectivity index (χ2n) is 5.21. The first kappa shape index (κ1) is 15.4. The molecule has 118 valence electrons. The lowest BCUT2D eigenvalue weighted by Crippen LogP contribution is -2.14. The van der Waals surface area contributed by atoms with Crippen LogP contribution in [-0.4, -0.2) is 16.9 Å². The largest absolute Gasteiger partial charge is 0.463 e. The third kappa shape index (κ3) is 3.65. The van der Waals surface area contributed by atoms with E-state index >= 15 is 0 Å². The number of thiazole rings is 1. The van der Waals surface area contributed by atoms with Gasteiger partial charge < -0.3 is 4.42 Å². The van der Waals surface area contributed by atoms with E-state index in [2.05, 4.69) is 10.1 Å². The Morgan fingerprint density at radius 3 is 2.65 bits per heavy atom. The first-order valence-corrected chi connectivity index (χ1v) is 8.09. The van der Waals surface area contributed by atoms with Crippen LogP contribution >= 0.6 is 11.3 Å². The first-order valence-electron chi connectivity index (χ1n) is 7.21. The molecule has 2 aromatic heterocycles. The van der Waals surface area contributed by atoms with Gasteiger partial charge in [-0.3, -0.25) is 4.99 Å². The maximum atomic E-state index is 13.1. The maximum absolute atomic E-state index is 13.1. The Kier molecular flexibility index (Phi) is 4.52. The molecule has 0 fully saturated rings. The summed E-state index contributed by atoms with van der Waals surface area (Å²) in [6, 6.07) is 10.1. The Morgan fingerprint density at radius 2 is 2.00 bits per heavy atom. The molecule has 0 N–H and O–H groups in total. The van der Waals surface area contributed by atoms with E-state index in [4.69, 9.17) is 4.42 Å². The predicted molar refractivity (Wildman–Crippen MR) is 90.1 cm³/mol. The van der Waals surface area contributed by atoms with E-state index in [-0.39, 0.29) is 11.9 Å². The third-order valence-electron chi connectivity index (χ3n) is 3.04. The Balaban J connectivity index is 2.09. The molecule has 0 atom stereocenters. The van der Waals surface area contributed by atoms with Gasteiger partial charge in [-0.05, 0) is 50.2 Å². The van der Waals surface area contributed by atoms with Crippen molar-refractivity contribution in [1.29, 1.82) is 0 Å². The van der Waals surface area contributed by atoms with Gasteiger partial charge in [0.15, 0.2) is 0 Å². The van der Waals surface area contributed by atoms with Gasteiger partial charge in [-0.25, -0.2) is 9.07 Å². The van der Waals surface area contributed by atoms with Crippen molar-refractivity contribution in [2.24, 2.45) is 10.1 Å². The molecule has 4 nitrogen and oxygen atoms in total. The van der Waals surface area contributed by atoms with Gasteiger partial charge in [-0.15, -0.1) is 11.3 Å². The summed E-state index contributed by atoms with van der Waals surface area (Å²) in [5, 5.41) is 6.45. The maximum Gasteiger partial charge on any atom is 0.206 e. The van der Waals surface area contributed by atoms with Crippen molar-refractivity contribution >= 4 is 17.6 Å². The van der Waals surface area contributed by atoms with Crippen molar-refractivity contribution in [2.45, 2.75) is 19.9 Å². The van der Waals surface area contributed by atoms with Gasteiger partial charge in [0.25, 0.3) is 0 Å². The van der Waals surface area contributed by atoms with Crippen LogP contribution < -0.4 is 4.80 Å². The topological polar surface area (TPSA) is 42.8 Å². The SMILES string of the molecule is CC(C)N=c1scc(-c2ccc(F)cc2)n1N=Cc1ccco1. The van der Waals surface area contributed by atoms with Crippen LogP contribution in [0, 0.1) is 5.82 Å². The molecule has 0 aliphatic carbocycles. The molecule has 0 unspecified atom stereocenters. The normalized spacial score (nSPS) is 12.6. The summed E-state index contributed by atoms with van der Waals surface area (Å²) in [5.41, 5.74) is 1.74. The lowest BCUT2D eigenvalue weighted by molar-refractivity contribution is 0.559. The number of rotatable bonds is 4. The Labute approximate surface area is 137 Å². The van der Waals surface area contributed by atoms with Crippen LogP contribution in [0.3, 0.4) is 0 Å². The van der Waals surface area contributed by atoms with Gasteiger partial charge in [0.05, 0.1) is 18.2 Å². The average Bonchev–Trinajstić information content (AvgIpc) is 3.15. The lowest BCUT2D eigenvalue weighted by atomic mass is 10.2. The zero-order chi connectivity index (χ0) is 16.2. The van der Waals surface area contributed by atoms with Crippen LogP contribution in [0.15, 0.2) is 62.6 Å². The number of aromatic nitrogens is 1. The molecule has 0 aliphatic rings. The molecule has 0 amide bonds. The summed E-state index contributed by atoms with van der Waals surface area (Å²) in [6.07, 6.45) is 3.24. The quantitative estimate of drug-likeness (QED) is 0.663. The summed E-state index contributed by atoms with van der Waals surface area (Å²) in [6.45, 7) is 4.02. The van der Waals surface area contributed by atoms with Gasteiger partial charge >= 0.3 is 0 Å². The smallest absolute Gasteiger partial charge is 0.206 e. The van der Waals surface area contributed by atoms with Gasteiger partial charge in [0.2, 0.25) is 4.80 Å². The van der Waals surface area contributed by atoms with Crippen LogP contribution in [0.1, 0.15) is 19.6 Å². The molecule has 6 heteroatoms. The summed E-state index contributed by atoms with van der Waals surface area (Å²) in [5.74, 6) is 0.394. The number of benzene rings is 1. The van der Waals surface area contributed by atoms with E-state index in [1.807, 2.05) is 25.3 Å². The fraction of sp³-hybridized carbons (Fsp3) is 0.176. The zero-order valence-electron chi connectivity index (χ0n) is 12.8. The van der Waals surface area contributed by atoms with Crippen molar-refractivity contribution in [3.8, 4) is 11.3 Å². The molecule has 0 spiro atoms. The summed E-state index contributed by atoms with van der Waals surface area (Å²) < 4.78 is 20.2. The number of halogens is 1. The van der Waals surface area contributed by atoms with E-state index in [0.29, 0.717) is 5.76 Å². The molecule has 2 heterocycles. The highest BCUT2D eigenvalue weighted by molar-refractivity contribution is 7.07. The Hall–Kier alpha value is -2.47. The number of hydrogen-bond acceptors (Lipinski definition) is 4. The summed E-state index contributed by atoms with van der Waals surface area (Å²) >= 11 is 1.50. The molecule has 3 rings (SSSR count). The molecule has 0 bridgehead atoms. The highest BCUT2D eigenvalue weighted by Gasteiger charge is 2.08. The summed E-state index contributed by atoms with van der Waals surface area (Å²) in [7, 11) is 0. The number of nitrogens with zero attached hydrogens (tertiary/aromatic N) is 3. The third-order valence-corrected chi connectivity index (χ3v) is 3.87. The molecule has 0 saturated carbocycles. The standard InChI is InChI=1S/C17H16FN3OS/c1-12(2)20-17-21(19-10-15-4-3-9-22-15)16(11-23-17)13-5-7-14(18)8-6-13/h3-12H,1-2H3. The second kappa shape index (κ2) is 6.75. The monoisotopic (exact) mass is 329 g/mol. The van der Waals surface area contributed by atoms with Crippen molar-refractivity contribution < 1.29 is 8.81 Å². The van der Waals surface area contributed by atoms with Gasteiger partial charge in [0.1, 0.15) is 11.6 Å². The first-order chi connectivity index (χ1) is 11.1. The molecule has 1 aromatic carbocycles. The van der Waals surface area contributed by atoms with E-state index < -0.39 is 0 Å². The minimum Gasteiger partial charge on any atom is -0.463 e. The van der Waals surface area contributed by atoms with Gasteiger partial charge in [-0.2, -0.15) is 5.10 Å². The highest BCUT2D eigenvalue weighted by Crippen LogP contribution is 2.20.